The van der Waals surface area contributed by atoms with E-state index in [0.29, 0.717) is 12.1 Å². The van der Waals surface area contributed by atoms with Crippen molar-refractivity contribution in [2.75, 3.05) is 18.0 Å². The van der Waals surface area contributed by atoms with Crippen molar-refractivity contribution in [2.24, 2.45) is 0 Å². The maximum atomic E-state index is 13.0. The third-order valence-electron chi connectivity index (χ3n) is 4.25. The summed E-state index contributed by atoms with van der Waals surface area (Å²) in [5.41, 5.74) is 2.32. The molecule has 0 spiro atoms. The summed E-state index contributed by atoms with van der Waals surface area (Å²) in [5.74, 6) is -0.756. The molecule has 0 radical (unpaired) electrons. The lowest BCUT2D eigenvalue weighted by Gasteiger charge is -2.39. The molecule has 24 heavy (non-hydrogen) atoms. The molecule has 0 aliphatic carbocycles. The number of aryl methyl sites for hydroxylation is 1. The van der Waals surface area contributed by atoms with Crippen molar-refractivity contribution >= 4 is 17.5 Å². The van der Waals surface area contributed by atoms with Crippen LogP contribution in [0, 0.1) is 12.7 Å². The second-order valence-corrected chi connectivity index (χ2v) is 6.13. The maximum absolute atomic E-state index is 13.0. The average molecular weight is 326 g/mol. The predicted molar refractivity (Wildman–Crippen MR) is 90.4 cm³/mol. The van der Waals surface area contributed by atoms with Crippen molar-refractivity contribution < 1.29 is 14.0 Å². The van der Waals surface area contributed by atoms with Crippen molar-refractivity contribution in [1.29, 1.82) is 0 Å². The van der Waals surface area contributed by atoms with Crippen LogP contribution in [0.15, 0.2) is 48.5 Å². The number of rotatable bonds is 2. The van der Waals surface area contributed by atoms with Crippen LogP contribution >= 0.6 is 0 Å². The van der Waals surface area contributed by atoms with Crippen LogP contribution in [0.5, 0.6) is 0 Å². The van der Waals surface area contributed by atoms with Gasteiger partial charge in [0.05, 0.1) is 0 Å². The van der Waals surface area contributed by atoms with Crippen LogP contribution in [-0.4, -0.2) is 35.8 Å². The van der Waals surface area contributed by atoms with Crippen LogP contribution in [0.1, 0.15) is 22.8 Å². The summed E-state index contributed by atoms with van der Waals surface area (Å²) >= 11 is 0. The Morgan fingerprint density at radius 3 is 2.54 bits per heavy atom. The number of anilines is 1. The Morgan fingerprint density at radius 2 is 1.88 bits per heavy atom. The van der Waals surface area contributed by atoms with E-state index >= 15 is 0 Å². The number of carbonyl (C=O) groups excluding carboxylic acids is 2. The summed E-state index contributed by atoms with van der Waals surface area (Å²) < 4.78 is 13.0. The van der Waals surface area contributed by atoms with Gasteiger partial charge in [0.15, 0.2) is 0 Å². The summed E-state index contributed by atoms with van der Waals surface area (Å²) in [5, 5.41) is 0. The summed E-state index contributed by atoms with van der Waals surface area (Å²) in [4.78, 5) is 28.4. The van der Waals surface area contributed by atoms with Crippen LogP contribution in [0.3, 0.4) is 0 Å². The quantitative estimate of drug-likeness (QED) is 0.851. The number of amides is 2. The van der Waals surface area contributed by atoms with E-state index in [0.717, 1.165) is 11.3 Å². The lowest BCUT2D eigenvalue weighted by atomic mass is 10.1. The van der Waals surface area contributed by atoms with Crippen molar-refractivity contribution in [3.8, 4) is 0 Å². The summed E-state index contributed by atoms with van der Waals surface area (Å²) in [6, 6.07) is 13.0. The highest BCUT2D eigenvalue weighted by atomic mass is 19.1. The van der Waals surface area contributed by atoms with Crippen molar-refractivity contribution in [1.82, 2.24) is 4.90 Å². The van der Waals surface area contributed by atoms with Gasteiger partial charge in [0.25, 0.3) is 5.91 Å². The van der Waals surface area contributed by atoms with E-state index in [9.17, 15) is 14.0 Å². The van der Waals surface area contributed by atoms with Crippen LogP contribution in [-0.2, 0) is 4.79 Å². The first-order chi connectivity index (χ1) is 11.5. The highest BCUT2D eigenvalue weighted by Gasteiger charge is 2.33. The molecule has 4 nitrogen and oxygen atoms in total. The molecule has 0 bridgehead atoms. The Balaban J connectivity index is 1.79. The second-order valence-electron chi connectivity index (χ2n) is 6.13. The summed E-state index contributed by atoms with van der Waals surface area (Å²) in [6.45, 7) is 4.35. The molecule has 2 aromatic rings. The van der Waals surface area contributed by atoms with Crippen LogP contribution in [0.25, 0.3) is 0 Å². The normalized spacial score (nSPS) is 18.0. The first-order valence-corrected chi connectivity index (χ1v) is 7.89. The fraction of sp³-hybridized carbons (Fsp3) is 0.263. The molecule has 124 valence electrons. The highest BCUT2D eigenvalue weighted by molar-refractivity contribution is 6.02. The van der Waals surface area contributed by atoms with Gasteiger partial charge >= 0.3 is 0 Å². The number of hydrogen-bond acceptors (Lipinski definition) is 2. The number of nitrogens with zero attached hydrogens (tertiary/aromatic N) is 2. The van der Waals surface area contributed by atoms with Gasteiger partial charge in [-0.2, -0.15) is 0 Å². The molecule has 1 aliphatic rings. The molecule has 0 saturated carbocycles. The van der Waals surface area contributed by atoms with E-state index in [1.165, 1.54) is 24.3 Å². The first kappa shape index (κ1) is 16.2. The number of piperazine rings is 1. The largest absolute Gasteiger partial charge is 0.325 e. The zero-order valence-electron chi connectivity index (χ0n) is 13.7. The zero-order chi connectivity index (χ0) is 17.3. The summed E-state index contributed by atoms with van der Waals surface area (Å²) in [7, 11) is 0. The van der Waals surface area contributed by atoms with Crippen LogP contribution in [0.4, 0.5) is 10.1 Å². The second kappa shape index (κ2) is 6.43. The van der Waals surface area contributed by atoms with Crippen molar-refractivity contribution in [2.45, 2.75) is 19.9 Å². The molecule has 1 fully saturated rings. The minimum Gasteiger partial charge on any atom is -0.325 e. The lowest BCUT2D eigenvalue weighted by molar-refractivity contribution is -0.121. The average Bonchev–Trinajstić information content (AvgIpc) is 2.56. The summed E-state index contributed by atoms with van der Waals surface area (Å²) in [6.07, 6.45) is 0. The Bertz CT molecular complexity index is 773. The van der Waals surface area contributed by atoms with E-state index in [-0.39, 0.29) is 30.2 Å². The Morgan fingerprint density at radius 1 is 1.17 bits per heavy atom. The Kier molecular flexibility index (Phi) is 4.34. The van der Waals surface area contributed by atoms with Gasteiger partial charge in [-0.25, -0.2) is 4.39 Å². The van der Waals surface area contributed by atoms with E-state index in [2.05, 4.69) is 0 Å². The molecule has 1 heterocycles. The van der Waals surface area contributed by atoms with Gasteiger partial charge in [-0.15, -0.1) is 0 Å². The highest BCUT2D eigenvalue weighted by Crippen LogP contribution is 2.22. The third-order valence-corrected chi connectivity index (χ3v) is 4.25. The zero-order valence-corrected chi connectivity index (χ0v) is 13.7. The molecule has 0 aromatic heterocycles. The minimum atomic E-state index is -0.389. The van der Waals surface area contributed by atoms with E-state index < -0.39 is 0 Å². The Hall–Kier alpha value is -2.69. The number of benzene rings is 2. The molecule has 2 amide bonds. The smallest absolute Gasteiger partial charge is 0.254 e. The van der Waals surface area contributed by atoms with Crippen LogP contribution < -0.4 is 4.90 Å². The Labute approximate surface area is 140 Å². The van der Waals surface area contributed by atoms with Gasteiger partial charge in [-0.05, 0) is 55.8 Å². The fourth-order valence-corrected chi connectivity index (χ4v) is 2.93. The van der Waals surface area contributed by atoms with E-state index in [1.54, 1.807) is 9.80 Å². The minimum absolute atomic E-state index is 0.0192. The monoisotopic (exact) mass is 326 g/mol. The van der Waals surface area contributed by atoms with E-state index in [1.807, 2.05) is 38.1 Å². The standard InChI is InChI=1S/C19H19FN2O2/c1-13-4-3-5-17(10-13)22-11-14(2)21(12-18(22)23)19(24)15-6-8-16(20)9-7-15/h3-10,14H,11-12H2,1-2H3/t14-/m0/s1. The topological polar surface area (TPSA) is 40.6 Å². The number of halogens is 1. The van der Waals surface area contributed by atoms with Gasteiger partial charge < -0.3 is 9.80 Å². The molecule has 5 heteroatoms. The maximum Gasteiger partial charge on any atom is 0.254 e. The molecule has 3 rings (SSSR count). The van der Waals surface area contributed by atoms with Gasteiger partial charge in [-0.1, -0.05) is 12.1 Å². The molecule has 0 N–H and O–H groups in total. The third kappa shape index (κ3) is 3.15. The van der Waals surface area contributed by atoms with Gasteiger partial charge in [0.2, 0.25) is 5.91 Å². The molecule has 1 aliphatic heterocycles. The molecule has 1 saturated heterocycles. The lowest BCUT2D eigenvalue weighted by Crippen LogP contribution is -2.57. The number of hydrogen-bond donors (Lipinski definition) is 0. The van der Waals surface area contributed by atoms with Crippen molar-refractivity contribution in [3.63, 3.8) is 0 Å². The molecule has 0 unspecified atom stereocenters. The molecule has 1 atom stereocenters. The van der Waals surface area contributed by atoms with E-state index in [4.69, 9.17) is 0 Å². The SMILES string of the molecule is Cc1cccc(N2C[C@H](C)N(C(=O)c3ccc(F)cc3)CC2=O)c1. The van der Waals surface area contributed by atoms with Gasteiger partial charge in [0, 0.05) is 23.8 Å². The fourth-order valence-electron chi connectivity index (χ4n) is 2.93. The van der Waals surface area contributed by atoms with Crippen LogP contribution in [0.2, 0.25) is 0 Å². The number of carbonyl (C=O) groups is 2. The molecular weight excluding hydrogens is 307 g/mol. The van der Waals surface area contributed by atoms with Crippen molar-refractivity contribution in [3.05, 3.63) is 65.5 Å². The molecule has 2 aromatic carbocycles. The first-order valence-electron chi connectivity index (χ1n) is 7.89. The molecular formula is C19H19FN2O2. The van der Waals surface area contributed by atoms with Gasteiger partial charge in [-0.3, -0.25) is 9.59 Å². The van der Waals surface area contributed by atoms with Gasteiger partial charge in [0.1, 0.15) is 12.4 Å². The predicted octanol–water partition coefficient (Wildman–Crippen LogP) is 3.01.